The standard InChI is InChI=1S/C17H16F3N3OS/c1-23(14-9-7-12(8-10-14)17(18,19)20)15(24)11-21-16(25)22-13-5-3-2-4-6-13/h2-10H,11H2,1H3,(H2,21,22,25). The van der Waals surface area contributed by atoms with Crippen LogP contribution in [0.5, 0.6) is 0 Å². The summed E-state index contributed by atoms with van der Waals surface area (Å²) < 4.78 is 37.7. The first-order valence-electron chi connectivity index (χ1n) is 7.31. The lowest BCUT2D eigenvalue weighted by atomic mass is 10.2. The molecule has 0 aromatic heterocycles. The molecule has 2 rings (SSSR count). The molecule has 0 unspecified atom stereocenters. The predicted molar refractivity (Wildman–Crippen MR) is 95.5 cm³/mol. The first-order valence-corrected chi connectivity index (χ1v) is 7.72. The van der Waals surface area contributed by atoms with Gasteiger partial charge in [0.05, 0.1) is 12.1 Å². The number of hydrogen-bond acceptors (Lipinski definition) is 2. The first kappa shape index (κ1) is 18.7. The topological polar surface area (TPSA) is 44.4 Å². The number of likely N-dealkylation sites (N-methyl/N-ethyl adjacent to an activating group) is 1. The van der Waals surface area contributed by atoms with E-state index < -0.39 is 11.7 Å². The van der Waals surface area contributed by atoms with Crippen molar-refractivity contribution >= 4 is 34.6 Å². The molecule has 0 bridgehead atoms. The molecule has 0 heterocycles. The summed E-state index contributed by atoms with van der Waals surface area (Å²) in [5, 5.41) is 5.97. The Morgan fingerprint density at radius 1 is 1.08 bits per heavy atom. The average molecular weight is 367 g/mol. The zero-order valence-electron chi connectivity index (χ0n) is 13.3. The van der Waals surface area contributed by atoms with Crippen molar-refractivity contribution in [1.82, 2.24) is 5.32 Å². The van der Waals surface area contributed by atoms with E-state index in [1.807, 2.05) is 30.3 Å². The second-order valence-electron chi connectivity index (χ2n) is 5.17. The van der Waals surface area contributed by atoms with Crippen LogP contribution in [0.25, 0.3) is 0 Å². The number of halogens is 3. The number of hydrogen-bond donors (Lipinski definition) is 2. The monoisotopic (exact) mass is 367 g/mol. The van der Waals surface area contributed by atoms with E-state index in [1.165, 1.54) is 24.1 Å². The number of benzene rings is 2. The summed E-state index contributed by atoms with van der Waals surface area (Å²) in [6, 6.07) is 13.6. The molecule has 0 aliphatic heterocycles. The third-order valence-corrected chi connectivity index (χ3v) is 3.63. The van der Waals surface area contributed by atoms with Crippen LogP contribution in [0.1, 0.15) is 5.56 Å². The van der Waals surface area contributed by atoms with Crippen LogP contribution in [0, 0.1) is 0 Å². The van der Waals surface area contributed by atoms with Crippen molar-refractivity contribution in [3.8, 4) is 0 Å². The molecule has 0 aliphatic carbocycles. The lowest BCUT2D eigenvalue weighted by molar-refractivity contribution is -0.137. The first-order chi connectivity index (χ1) is 11.8. The van der Waals surface area contributed by atoms with Gasteiger partial charge in [0.2, 0.25) is 5.91 Å². The van der Waals surface area contributed by atoms with E-state index in [0.29, 0.717) is 5.69 Å². The van der Waals surface area contributed by atoms with Gasteiger partial charge in [0, 0.05) is 18.4 Å². The van der Waals surface area contributed by atoms with Gasteiger partial charge in [-0.15, -0.1) is 0 Å². The number of rotatable bonds is 4. The summed E-state index contributed by atoms with van der Waals surface area (Å²) in [7, 11) is 1.49. The number of amides is 1. The molecule has 1 amide bonds. The zero-order chi connectivity index (χ0) is 18.4. The van der Waals surface area contributed by atoms with Gasteiger partial charge in [-0.25, -0.2) is 0 Å². The van der Waals surface area contributed by atoms with Crippen molar-refractivity contribution in [3.63, 3.8) is 0 Å². The molecule has 0 aliphatic rings. The summed E-state index contributed by atoms with van der Waals surface area (Å²) in [5.41, 5.74) is 0.383. The lowest BCUT2D eigenvalue weighted by Crippen LogP contribution is -2.39. The summed E-state index contributed by atoms with van der Waals surface area (Å²) in [4.78, 5) is 13.4. The van der Waals surface area contributed by atoms with E-state index in [2.05, 4.69) is 10.6 Å². The van der Waals surface area contributed by atoms with Gasteiger partial charge in [0.15, 0.2) is 5.11 Å². The molecule has 2 N–H and O–H groups in total. The van der Waals surface area contributed by atoms with E-state index in [4.69, 9.17) is 12.2 Å². The van der Waals surface area contributed by atoms with Crippen LogP contribution in [0.3, 0.4) is 0 Å². The maximum Gasteiger partial charge on any atom is 0.416 e. The van der Waals surface area contributed by atoms with E-state index in [9.17, 15) is 18.0 Å². The molecule has 8 heteroatoms. The highest BCUT2D eigenvalue weighted by Gasteiger charge is 2.30. The van der Waals surface area contributed by atoms with Gasteiger partial charge in [-0.3, -0.25) is 4.79 Å². The van der Waals surface area contributed by atoms with E-state index in [-0.39, 0.29) is 17.6 Å². The van der Waals surface area contributed by atoms with Crippen molar-refractivity contribution in [2.45, 2.75) is 6.18 Å². The Morgan fingerprint density at radius 3 is 2.24 bits per heavy atom. The Labute approximate surface area is 148 Å². The molecule has 132 valence electrons. The number of thiocarbonyl (C=S) groups is 1. The molecule has 2 aromatic carbocycles. The second-order valence-corrected chi connectivity index (χ2v) is 5.58. The summed E-state index contributed by atoms with van der Waals surface area (Å²) in [5.74, 6) is -0.336. The van der Waals surface area contributed by atoms with Crippen LogP contribution >= 0.6 is 12.2 Å². The Morgan fingerprint density at radius 2 is 1.68 bits per heavy atom. The minimum Gasteiger partial charge on any atom is -0.353 e. The van der Waals surface area contributed by atoms with Crippen LogP contribution in [0.2, 0.25) is 0 Å². The highest BCUT2D eigenvalue weighted by Crippen LogP contribution is 2.30. The van der Waals surface area contributed by atoms with Gasteiger partial charge in [-0.05, 0) is 48.6 Å². The van der Waals surface area contributed by atoms with Crippen molar-refractivity contribution in [3.05, 3.63) is 60.2 Å². The Kier molecular flexibility index (Phi) is 5.97. The minimum absolute atomic E-state index is 0.0871. The van der Waals surface area contributed by atoms with Gasteiger partial charge < -0.3 is 15.5 Å². The Hall–Kier alpha value is -2.61. The number of carbonyl (C=O) groups is 1. The van der Waals surface area contributed by atoms with Crippen molar-refractivity contribution in [1.29, 1.82) is 0 Å². The predicted octanol–water partition coefficient (Wildman–Crippen LogP) is 3.65. The van der Waals surface area contributed by atoms with Crippen molar-refractivity contribution < 1.29 is 18.0 Å². The molecule has 25 heavy (non-hydrogen) atoms. The second kappa shape index (κ2) is 7.98. The van der Waals surface area contributed by atoms with Gasteiger partial charge in [0.1, 0.15) is 0 Å². The highest BCUT2D eigenvalue weighted by molar-refractivity contribution is 7.80. The number of anilines is 2. The minimum atomic E-state index is -4.40. The highest BCUT2D eigenvalue weighted by atomic mass is 32.1. The molecular weight excluding hydrogens is 351 g/mol. The van der Waals surface area contributed by atoms with Crippen LogP contribution in [0.4, 0.5) is 24.5 Å². The largest absolute Gasteiger partial charge is 0.416 e. The number of para-hydroxylation sites is 1. The normalized spacial score (nSPS) is 10.9. The maximum atomic E-state index is 12.6. The molecule has 0 spiro atoms. The average Bonchev–Trinajstić information content (AvgIpc) is 2.59. The van der Waals surface area contributed by atoms with Gasteiger partial charge in [0.25, 0.3) is 0 Å². The third-order valence-electron chi connectivity index (χ3n) is 3.39. The van der Waals surface area contributed by atoms with Crippen molar-refractivity contribution in [2.24, 2.45) is 0 Å². The van der Waals surface area contributed by atoms with Crippen LogP contribution in [0.15, 0.2) is 54.6 Å². The molecule has 4 nitrogen and oxygen atoms in total. The zero-order valence-corrected chi connectivity index (χ0v) is 14.1. The molecule has 0 atom stereocenters. The SMILES string of the molecule is CN(C(=O)CNC(=S)Nc1ccccc1)c1ccc(C(F)(F)F)cc1. The molecule has 0 saturated carbocycles. The van der Waals surface area contributed by atoms with Gasteiger partial charge in [-0.2, -0.15) is 13.2 Å². The Bertz CT molecular complexity index is 733. The van der Waals surface area contributed by atoms with Gasteiger partial charge in [-0.1, -0.05) is 18.2 Å². The molecule has 2 aromatic rings. The van der Waals surface area contributed by atoms with E-state index in [0.717, 1.165) is 17.8 Å². The summed E-state index contributed by atoms with van der Waals surface area (Å²) in [6.45, 7) is -0.0871. The Balaban J connectivity index is 1.88. The fourth-order valence-electron chi connectivity index (χ4n) is 1.99. The van der Waals surface area contributed by atoms with E-state index in [1.54, 1.807) is 0 Å². The van der Waals surface area contributed by atoms with E-state index >= 15 is 0 Å². The smallest absolute Gasteiger partial charge is 0.353 e. The van der Waals surface area contributed by atoms with Crippen LogP contribution in [-0.2, 0) is 11.0 Å². The van der Waals surface area contributed by atoms with Gasteiger partial charge >= 0.3 is 6.18 Å². The quantitative estimate of drug-likeness (QED) is 0.810. The van der Waals surface area contributed by atoms with Crippen LogP contribution < -0.4 is 15.5 Å². The number of nitrogens with zero attached hydrogens (tertiary/aromatic N) is 1. The molecular formula is C17H16F3N3OS. The van der Waals surface area contributed by atoms with Crippen LogP contribution in [-0.4, -0.2) is 24.6 Å². The fraction of sp³-hybridized carbons (Fsp3) is 0.176. The molecule has 0 saturated heterocycles. The summed E-state index contributed by atoms with van der Waals surface area (Å²) in [6.07, 6.45) is -4.40. The molecule has 0 fully saturated rings. The summed E-state index contributed by atoms with van der Waals surface area (Å²) >= 11 is 5.10. The number of nitrogens with one attached hydrogen (secondary N) is 2. The third kappa shape index (κ3) is 5.46. The number of carbonyl (C=O) groups excluding carboxylic acids is 1. The lowest BCUT2D eigenvalue weighted by Gasteiger charge is -2.19. The maximum absolute atomic E-state index is 12.6. The fourth-order valence-corrected chi connectivity index (χ4v) is 2.18. The molecule has 0 radical (unpaired) electrons. The van der Waals surface area contributed by atoms with Crippen molar-refractivity contribution in [2.75, 3.05) is 23.8 Å². The number of alkyl halides is 3.